The highest BCUT2D eigenvalue weighted by Gasteiger charge is 2.25. The first-order chi connectivity index (χ1) is 7.56. The average molecular weight is 348 g/mol. The van der Waals surface area contributed by atoms with Gasteiger partial charge in [0, 0.05) is 10.7 Å². The molecule has 0 heterocycles. The van der Waals surface area contributed by atoms with Crippen molar-refractivity contribution in [1.29, 1.82) is 0 Å². The Balaban J connectivity index is 2.89. The minimum absolute atomic E-state index is 0.349. The number of hydrogen-bond donors (Lipinski definition) is 0. The van der Waals surface area contributed by atoms with Gasteiger partial charge in [-0.1, -0.05) is 57.0 Å². The monoisotopic (exact) mass is 346 g/mol. The quantitative estimate of drug-likeness (QED) is 0.655. The van der Waals surface area contributed by atoms with Gasteiger partial charge in [0.25, 0.3) is 0 Å². The molecule has 0 nitrogen and oxygen atoms in total. The molecule has 90 valence electrons. The van der Waals surface area contributed by atoms with E-state index >= 15 is 0 Å². The van der Waals surface area contributed by atoms with E-state index in [4.69, 9.17) is 0 Å². The Morgan fingerprint density at radius 3 is 2.12 bits per heavy atom. The maximum absolute atomic E-state index is 3.65. The Kier molecular flexibility index (Phi) is 5.52. The summed E-state index contributed by atoms with van der Waals surface area (Å²) < 4.78 is 0. The van der Waals surface area contributed by atoms with Crippen LogP contribution in [0.5, 0.6) is 0 Å². The average Bonchev–Trinajstić information content (AvgIpc) is 2.31. The summed E-state index contributed by atoms with van der Waals surface area (Å²) in [6.07, 6.45) is 2.33. The predicted octanol–water partition coefficient (Wildman–Crippen LogP) is 5.03. The van der Waals surface area contributed by atoms with Crippen molar-refractivity contribution in [2.24, 2.45) is 5.41 Å². The molecule has 0 unspecified atom stereocenters. The van der Waals surface area contributed by atoms with Crippen LogP contribution in [0.3, 0.4) is 0 Å². The van der Waals surface area contributed by atoms with Crippen LogP contribution in [0.4, 0.5) is 0 Å². The summed E-state index contributed by atoms with van der Waals surface area (Å²) in [5, 5.41) is 2.10. The SMILES string of the molecule is CCC(CBr)(CBr)Cc1ccc(C)c(C)c1. The second kappa shape index (κ2) is 6.20. The van der Waals surface area contributed by atoms with Gasteiger partial charge >= 0.3 is 0 Å². The molecule has 0 saturated heterocycles. The van der Waals surface area contributed by atoms with Crippen LogP contribution in [0.15, 0.2) is 18.2 Å². The smallest absolute Gasteiger partial charge is 0.00990 e. The summed E-state index contributed by atoms with van der Waals surface area (Å²) in [6.45, 7) is 6.62. The molecule has 16 heavy (non-hydrogen) atoms. The molecule has 0 spiro atoms. The van der Waals surface area contributed by atoms with Crippen molar-refractivity contribution in [2.75, 3.05) is 10.7 Å². The fraction of sp³-hybridized carbons (Fsp3) is 0.571. The van der Waals surface area contributed by atoms with Crippen LogP contribution in [0, 0.1) is 19.3 Å². The first kappa shape index (κ1) is 14.2. The molecule has 0 amide bonds. The molecule has 1 rings (SSSR count). The summed E-state index contributed by atoms with van der Waals surface area (Å²) in [5.41, 5.74) is 4.57. The Bertz CT molecular complexity index is 332. The summed E-state index contributed by atoms with van der Waals surface area (Å²) in [5.74, 6) is 0. The third-order valence-electron chi connectivity index (χ3n) is 3.47. The second-order valence-corrected chi connectivity index (χ2v) is 5.84. The molecule has 1 aromatic rings. The summed E-state index contributed by atoms with van der Waals surface area (Å²) in [4.78, 5) is 0. The van der Waals surface area contributed by atoms with E-state index in [-0.39, 0.29) is 0 Å². The Morgan fingerprint density at radius 2 is 1.69 bits per heavy atom. The van der Waals surface area contributed by atoms with E-state index in [0.29, 0.717) is 5.41 Å². The van der Waals surface area contributed by atoms with E-state index in [9.17, 15) is 0 Å². The summed E-state index contributed by atoms with van der Waals surface area (Å²) in [7, 11) is 0. The van der Waals surface area contributed by atoms with E-state index in [0.717, 1.165) is 17.1 Å². The van der Waals surface area contributed by atoms with E-state index in [1.807, 2.05) is 0 Å². The highest BCUT2D eigenvalue weighted by Crippen LogP contribution is 2.32. The second-order valence-electron chi connectivity index (χ2n) is 4.72. The highest BCUT2D eigenvalue weighted by molar-refractivity contribution is 9.09. The number of halogens is 2. The summed E-state index contributed by atoms with van der Waals surface area (Å²) >= 11 is 7.31. The maximum Gasteiger partial charge on any atom is 0.00990 e. The summed E-state index contributed by atoms with van der Waals surface area (Å²) in [6, 6.07) is 6.82. The van der Waals surface area contributed by atoms with Crippen LogP contribution in [0.1, 0.15) is 30.0 Å². The van der Waals surface area contributed by atoms with E-state index in [1.165, 1.54) is 23.1 Å². The Hall–Kier alpha value is 0.180. The molecule has 1 aromatic carbocycles. The largest absolute Gasteiger partial charge is 0.0922 e. The number of benzene rings is 1. The first-order valence-electron chi connectivity index (χ1n) is 5.75. The van der Waals surface area contributed by atoms with Gasteiger partial charge in [-0.2, -0.15) is 0 Å². The number of rotatable bonds is 5. The zero-order chi connectivity index (χ0) is 12.2. The van der Waals surface area contributed by atoms with Crippen LogP contribution >= 0.6 is 31.9 Å². The van der Waals surface area contributed by atoms with Gasteiger partial charge in [0.05, 0.1) is 0 Å². The number of alkyl halides is 2. The van der Waals surface area contributed by atoms with Gasteiger partial charge in [-0.3, -0.25) is 0 Å². The van der Waals surface area contributed by atoms with E-state index < -0.39 is 0 Å². The van der Waals surface area contributed by atoms with Gasteiger partial charge < -0.3 is 0 Å². The standard InChI is InChI=1S/C14H20Br2/c1-4-14(9-15,10-16)8-13-6-5-11(2)12(3)7-13/h5-7H,4,8-10H2,1-3H3. The van der Waals surface area contributed by atoms with Crippen molar-refractivity contribution in [3.8, 4) is 0 Å². The van der Waals surface area contributed by atoms with Gasteiger partial charge in [0.15, 0.2) is 0 Å². The molecular formula is C14H20Br2. The molecule has 0 aliphatic rings. The Labute approximate surface area is 116 Å². The number of hydrogen-bond acceptors (Lipinski definition) is 0. The normalized spacial score (nSPS) is 11.8. The lowest BCUT2D eigenvalue weighted by Crippen LogP contribution is -2.26. The van der Waals surface area contributed by atoms with Crippen LogP contribution in [-0.2, 0) is 6.42 Å². The minimum atomic E-state index is 0.349. The minimum Gasteiger partial charge on any atom is -0.0922 e. The van der Waals surface area contributed by atoms with Crippen molar-refractivity contribution in [2.45, 2.75) is 33.6 Å². The van der Waals surface area contributed by atoms with Crippen molar-refractivity contribution in [3.05, 3.63) is 34.9 Å². The zero-order valence-corrected chi connectivity index (χ0v) is 13.5. The molecule has 2 heteroatoms. The van der Waals surface area contributed by atoms with Crippen LogP contribution in [0.25, 0.3) is 0 Å². The first-order valence-corrected chi connectivity index (χ1v) is 7.99. The molecule has 0 N–H and O–H groups in total. The Morgan fingerprint density at radius 1 is 1.06 bits per heavy atom. The third kappa shape index (κ3) is 3.33. The van der Waals surface area contributed by atoms with Crippen LogP contribution < -0.4 is 0 Å². The lowest BCUT2D eigenvalue weighted by atomic mass is 9.83. The van der Waals surface area contributed by atoms with Gasteiger partial charge in [0.2, 0.25) is 0 Å². The van der Waals surface area contributed by atoms with Crippen molar-refractivity contribution in [1.82, 2.24) is 0 Å². The predicted molar refractivity (Wildman–Crippen MR) is 79.9 cm³/mol. The molecular weight excluding hydrogens is 328 g/mol. The molecule has 0 aliphatic heterocycles. The van der Waals surface area contributed by atoms with Crippen LogP contribution in [0.2, 0.25) is 0 Å². The van der Waals surface area contributed by atoms with Crippen molar-refractivity contribution >= 4 is 31.9 Å². The van der Waals surface area contributed by atoms with Crippen LogP contribution in [-0.4, -0.2) is 10.7 Å². The van der Waals surface area contributed by atoms with Gasteiger partial charge in [-0.25, -0.2) is 0 Å². The van der Waals surface area contributed by atoms with Gasteiger partial charge in [-0.15, -0.1) is 0 Å². The molecule has 0 atom stereocenters. The van der Waals surface area contributed by atoms with Gasteiger partial charge in [-0.05, 0) is 48.8 Å². The molecule has 0 saturated carbocycles. The maximum atomic E-state index is 3.65. The van der Waals surface area contributed by atoms with E-state index in [2.05, 4.69) is 70.8 Å². The molecule has 0 fully saturated rings. The molecule has 0 bridgehead atoms. The fourth-order valence-corrected chi connectivity index (χ4v) is 3.91. The lowest BCUT2D eigenvalue weighted by Gasteiger charge is -2.29. The zero-order valence-electron chi connectivity index (χ0n) is 10.3. The fourth-order valence-electron chi connectivity index (χ4n) is 1.79. The van der Waals surface area contributed by atoms with Crippen molar-refractivity contribution < 1.29 is 0 Å². The third-order valence-corrected chi connectivity index (χ3v) is 5.85. The lowest BCUT2D eigenvalue weighted by molar-refractivity contribution is 0.373. The topological polar surface area (TPSA) is 0 Å². The van der Waals surface area contributed by atoms with E-state index in [1.54, 1.807) is 0 Å². The van der Waals surface area contributed by atoms with Crippen molar-refractivity contribution in [3.63, 3.8) is 0 Å². The molecule has 0 aliphatic carbocycles. The molecule has 0 aromatic heterocycles. The number of aryl methyl sites for hydroxylation is 2. The van der Waals surface area contributed by atoms with Gasteiger partial charge in [0.1, 0.15) is 0 Å². The molecule has 0 radical (unpaired) electrons. The highest BCUT2D eigenvalue weighted by atomic mass is 79.9.